The number of hydrogen-bond donors (Lipinski definition) is 1. The molecule has 0 fully saturated rings. The normalized spacial score (nSPS) is 10.5. The lowest BCUT2D eigenvalue weighted by Crippen LogP contribution is -2.17. The van der Waals surface area contributed by atoms with E-state index in [1.165, 1.54) is 5.56 Å². The summed E-state index contributed by atoms with van der Waals surface area (Å²) in [6.07, 6.45) is 5.94. The zero-order chi connectivity index (χ0) is 12.3. The molecule has 4 heteroatoms. The smallest absolute Gasteiger partial charge is 0.250 e. The summed E-state index contributed by atoms with van der Waals surface area (Å²) in [5.74, 6) is 0. The number of pyridine rings is 1. The van der Waals surface area contributed by atoms with Gasteiger partial charge in [0.25, 0.3) is 5.56 Å². The summed E-state index contributed by atoms with van der Waals surface area (Å²) in [5.41, 5.74) is 2.23. The Labute approximate surface area is 101 Å². The molecule has 17 heavy (non-hydrogen) atoms. The molecule has 2 rings (SSSR count). The summed E-state index contributed by atoms with van der Waals surface area (Å²) in [5, 5.41) is 3.30. The van der Waals surface area contributed by atoms with Crippen molar-refractivity contribution < 1.29 is 0 Å². The van der Waals surface area contributed by atoms with Gasteiger partial charge in [0, 0.05) is 44.8 Å². The van der Waals surface area contributed by atoms with E-state index in [4.69, 9.17) is 0 Å². The number of hydrogen-bond acceptors (Lipinski definition) is 2. The van der Waals surface area contributed by atoms with Crippen LogP contribution in [-0.2, 0) is 20.1 Å². The minimum Gasteiger partial charge on any atom is -0.380 e. The Morgan fingerprint density at radius 2 is 2.06 bits per heavy atom. The highest BCUT2D eigenvalue weighted by Gasteiger charge is 1.98. The number of nitrogens with one attached hydrogen (secondary N) is 1. The van der Waals surface area contributed by atoms with Gasteiger partial charge in [0.1, 0.15) is 0 Å². The second-order valence-electron chi connectivity index (χ2n) is 4.08. The van der Waals surface area contributed by atoms with Gasteiger partial charge in [-0.15, -0.1) is 0 Å². The first-order valence-corrected chi connectivity index (χ1v) is 5.74. The van der Waals surface area contributed by atoms with E-state index < -0.39 is 0 Å². The average Bonchev–Trinajstić information content (AvgIpc) is 2.74. The number of aryl methyl sites for hydroxylation is 2. The third-order valence-electron chi connectivity index (χ3n) is 2.71. The minimum atomic E-state index is 0.0396. The molecule has 0 saturated carbocycles. The average molecular weight is 231 g/mol. The summed E-state index contributed by atoms with van der Waals surface area (Å²) >= 11 is 0. The largest absolute Gasteiger partial charge is 0.380 e. The Morgan fingerprint density at radius 1 is 1.24 bits per heavy atom. The topological polar surface area (TPSA) is 39.0 Å². The fourth-order valence-corrected chi connectivity index (χ4v) is 1.75. The van der Waals surface area contributed by atoms with Gasteiger partial charge in [0.15, 0.2) is 0 Å². The summed E-state index contributed by atoms with van der Waals surface area (Å²) in [6, 6.07) is 5.48. The van der Waals surface area contributed by atoms with E-state index >= 15 is 0 Å². The van der Waals surface area contributed by atoms with Crippen molar-refractivity contribution in [3.8, 4) is 0 Å². The Kier molecular flexibility index (Phi) is 3.32. The zero-order valence-corrected chi connectivity index (χ0v) is 10.2. The number of nitrogens with zero attached hydrogens (tertiary/aromatic N) is 2. The number of anilines is 1. The minimum absolute atomic E-state index is 0.0396. The van der Waals surface area contributed by atoms with Crippen molar-refractivity contribution >= 4 is 5.69 Å². The molecule has 2 aromatic heterocycles. The van der Waals surface area contributed by atoms with Gasteiger partial charge < -0.3 is 14.5 Å². The van der Waals surface area contributed by atoms with Crippen molar-refractivity contribution in [1.29, 1.82) is 0 Å². The molecule has 0 radical (unpaired) electrons. The van der Waals surface area contributed by atoms with E-state index in [1.54, 1.807) is 10.6 Å². The second kappa shape index (κ2) is 4.91. The Balaban J connectivity index is 2.06. The van der Waals surface area contributed by atoms with Crippen LogP contribution in [0.1, 0.15) is 12.5 Å². The molecular formula is C13H17N3O. The van der Waals surface area contributed by atoms with Crippen molar-refractivity contribution in [3.63, 3.8) is 0 Å². The van der Waals surface area contributed by atoms with E-state index in [2.05, 4.69) is 17.6 Å². The monoisotopic (exact) mass is 231 g/mol. The van der Waals surface area contributed by atoms with Crippen molar-refractivity contribution in [2.45, 2.75) is 20.0 Å². The highest BCUT2D eigenvalue weighted by atomic mass is 16.1. The fourth-order valence-electron chi connectivity index (χ4n) is 1.75. The molecule has 0 bridgehead atoms. The van der Waals surface area contributed by atoms with Crippen LogP contribution in [0.25, 0.3) is 0 Å². The van der Waals surface area contributed by atoms with Gasteiger partial charge in [-0.25, -0.2) is 0 Å². The number of aromatic nitrogens is 2. The zero-order valence-electron chi connectivity index (χ0n) is 10.2. The molecule has 0 amide bonds. The van der Waals surface area contributed by atoms with Gasteiger partial charge in [-0.2, -0.15) is 0 Å². The SMILES string of the molecule is CCn1cc(NCc2ccn(C)c2)ccc1=O. The molecule has 0 aliphatic heterocycles. The molecule has 0 aliphatic rings. The molecule has 0 aliphatic carbocycles. The third kappa shape index (κ3) is 2.78. The Bertz CT molecular complexity index is 554. The lowest BCUT2D eigenvalue weighted by atomic mass is 10.3. The van der Waals surface area contributed by atoms with Crippen molar-refractivity contribution in [2.75, 3.05) is 5.32 Å². The molecule has 0 spiro atoms. The second-order valence-corrected chi connectivity index (χ2v) is 4.08. The van der Waals surface area contributed by atoms with Crippen LogP contribution in [0.5, 0.6) is 0 Å². The van der Waals surface area contributed by atoms with Crippen LogP contribution in [-0.4, -0.2) is 9.13 Å². The Hall–Kier alpha value is -1.97. The van der Waals surface area contributed by atoms with E-state index in [-0.39, 0.29) is 5.56 Å². The maximum atomic E-state index is 11.4. The highest BCUT2D eigenvalue weighted by molar-refractivity contribution is 5.40. The van der Waals surface area contributed by atoms with Crippen LogP contribution in [0.2, 0.25) is 0 Å². The van der Waals surface area contributed by atoms with E-state index in [9.17, 15) is 4.79 Å². The van der Waals surface area contributed by atoms with Crippen LogP contribution in [0.4, 0.5) is 5.69 Å². The molecule has 1 N–H and O–H groups in total. The van der Waals surface area contributed by atoms with Gasteiger partial charge in [0.2, 0.25) is 0 Å². The van der Waals surface area contributed by atoms with Crippen LogP contribution in [0.15, 0.2) is 41.6 Å². The fraction of sp³-hybridized carbons (Fsp3) is 0.308. The lowest BCUT2D eigenvalue weighted by Gasteiger charge is -2.07. The first kappa shape index (κ1) is 11.5. The van der Waals surface area contributed by atoms with E-state index in [1.807, 2.05) is 37.0 Å². The quantitative estimate of drug-likeness (QED) is 0.871. The molecule has 2 aromatic rings. The number of rotatable bonds is 4. The standard InChI is InChI=1S/C13H17N3O/c1-3-16-10-12(4-5-13(16)17)14-8-11-6-7-15(2)9-11/h4-7,9-10,14H,3,8H2,1-2H3. The maximum absolute atomic E-state index is 11.4. The summed E-state index contributed by atoms with van der Waals surface area (Å²) in [7, 11) is 2.00. The van der Waals surface area contributed by atoms with E-state index in [0.29, 0.717) is 6.54 Å². The first-order chi connectivity index (χ1) is 8.19. The van der Waals surface area contributed by atoms with Gasteiger partial charge >= 0.3 is 0 Å². The van der Waals surface area contributed by atoms with Crippen LogP contribution < -0.4 is 10.9 Å². The summed E-state index contributed by atoms with van der Waals surface area (Å²) in [4.78, 5) is 11.4. The molecule has 0 unspecified atom stereocenters. The molecule has 2 heterocycles. The van der Waals surface area contributed by atoms with Crippen molar-refractivity contribution in [3.05, 3.63) is 52.7 Å². The third-order valence-corrected chi connectivity index (χ3v) is 2.71. The predicted octanol–water partition coefficient (Wildman–Crippen LogP) is 1.82. The predicted molar refractivity (Wildman–Crippen MR) is 69.1 cm³/mol. The van der Waals surface area contributed by atoms with Crippen LogP contribution in [0.3, 0.4) is 0 Å². The van der Waals surface area contributed by atoms with Gasteiger partial charge in [-0.3, -0.25) is 4.79 Å². The summed E-state index contributed by atoms with van der Waals surface area (Å²) < 4.78 is 3.71. The maximum Gasteiger partial charge on any atom is 0.250 e. The van der Waals surface area contributed by atoms with Gasteiger partial charge in [-0.05, 0) is 24.6 Å². The van der Waals surface area contributed by atoms with E-state index in [0.717, 1.165) is 12.2 Å². The molecular weight excluding hydrogens is 214 g/mol. The Morgan fingerprint density at radius 3 is 2.71 bits per heavy atom. The highest BCUT2D eigenvalue weighted by Crippen LogP contribution is 2.07. The summed E-state index contributed by atoms with van der Waals surface area (Å²) in [6.45, 7) is 3.42. The molecule has 90 valence electrons. The molecule has 0 atom stereocenters. The van der Waals surface area contributed by atoms with Crippen molar-refractivity contribution in [2.24, 2.45) is 7.05 Å². The van der Waals surface area contributed by atoms with Crippen LogP contribution >= 0.6 is 0 Å². The van der Waals surface area contributed by atoms with Gasteiger partial charge in [0.05, 0.1) is 5.69 Å². The molecule has 4 nitrogen and oxygen atoms in total. The lowest BCUT2D eigenvalue weighted by molar-refractivity contribution is 0.727. The molecule has 0 aromatic carbocycles. The van der Waals surface area contributed by atoms with Gasteiger partial charge in [-0.1, -0.05) is 0 Å². The first-order valence-electron chi connectivity index (χ1n) is 5.74. The van der Waals surface area contributed by atoms with Crippen LogP contribution in [0, 0.1) is 0 Å². The molecule has 0 saturated heterocycles. The van der Waals surface area contributed by atoms with Crippen molar-refractivity contribution in [1.82, 2.24) is 9.13 Å².